The Kier molecular flexibility index (Phi) is 4.93. The van der Waals surface area contributed by atoms with Crippen LogP contribution in [-0.4, -0.2) is 20.7 Å². The third kappa shape index (κ3) is 3.76. The Hall–Kier alpha value is -2.95. The molecule has 1 amide bonds. The first kappa shape index (κ1) is 16.9. The smallest absolute Gasteiger partial charge is 0.270 e. The highest BCUT2D eigenvalue weighted by atomic mass is 16.2. The van der Waals surface area contributed by atoms with Gasteiger partial charge in [-0.05, 0) is 55.7 Å². The van der Waals surface area contributed by atoms with Gasteiger partial charge in [0.15, 0.2) is 0 Å². The van der Waals surface area contributed by atoms with E-state index in [0.717, 1.165) is 22.4 Å². The van der Waals surface area contributed by atoms with Crippen LogP contribution < -0.4 is 5.32 Å². The molecule has 2 heterocycles. The second-order valence-corrected chi connectivity index (χ2v) is 6.04. The van der Waals surface area contributed by atoms with Crippen LogP contribution in [0.4, 0.5) is 0 Å². The maximum atomic E-state index is 12.5. The molecular weight excluding hydrogens is 312 g/mol. The van der Waals surface area contributed by atoms with Crippen LogP contribution in [0.25, 0.3) is 11.1 Å². The summed E-state index contributed by atoms with van der Waals surface area (Å²) >= 11 is 0. The van der Waals surface area contributed by atoms with Gasteiger partial charge in [0, 0.05) is 18.9 Å². The Balaban J connectivity index is 1.72. The Bertz CT molecular complexity index is 853. The standard InChI is InChI=1S/C20H22N4O/c1-4-24-19(13-14(2)23-24)20(25)22-15(3)16-5-7-17(8-6-16)18-9-11-21-12-10-18/h5-13,15H,4H2,1-3H3,(H,22,25). The minimum absolute atomic E-state index is 0.0838. The number of carbonyl (C=O) groups is 1. The summed E-state index contributed by atoms with van der Waals surface area (Å²) in [5.74, 6) is -0.104. The maximum Gasteiger partial charge on any atom is 0.270 e. The number of benzene rings is 1. The van der Waals surface area contributed by atoms with Crippen LogP contribution in [0.2, 0.25) is 0 Å². The summed E-state index contributed by atoms with van der Waals surface area (Å²) in [5.41, 5.74) is 4.76. The monoisotopic (exact) mass is 334 g/mol. The van der Waals surface area contributed by atoms with E-state index >= 15 is 0 Å². The van der Waals surface area contributed by atoms with Crippen LogP contribution in [0.5, 0.6) is 0 Å². The quantitative estimate of drug-likeness (QED) is 0.773. The van der Waals surface area contributed by atoms with Crippen LogP contribution >= 0.6 is 0 Å². The summed E-state index contributed by atoms with van der Waals surface area (Å²) in [6, 6.07) is 13.9. The molecule has 1 aromatic carbocycles. The Morgan fingerprint density at radius 3 is 2.40 bits per heavy atom. The second kappa shape index (κ2) is 7.30. The number of carbonyl (C=O) groups excluding carboxylic acids is 1. The lowest BCUT2D eigenvalue weighted by atomic mass is 10.0. The zero-order valence-electron chi connectivity index (χ0n) is 14.7. The molecule has 0 bridgehead atoms. The van der Waals surface area contributed by atoms with Gasteiger partial charge in [0.2, 0.25) is 0 Å². The van der Waals surface area contributed by atoms with E-state index in [-0.39, 0.29) is 11.9 Å². The van der Waals surface area contributed by atoms with Crippen molar-refractivity contribution in [1.82, 2.24) is 20.1 Å². The van der Waals surface area contributed by atoms with Gasteiger partial charge in [-0.25, -0.2) is 0 Å². The van der Waals surface area contributed by atoms with E-state index in [1.807, 2.05) is 51.1 Å². The van der Waals surface area contributed by atoms with Gasteiger partial charge in [0.05, 0.1) is 11.7 Å². The van der Waals surface area contributed by atoms with Crippen molar-refractivity contribution in [3.63, 3.8) is 0 Å². The van der Waals surface area contributed by atoms with Gasteiger partial charge in [-0.3, -0.25) is 14.5 Å². The summed E-state index contributed by atoms with van der Waals surface area (Å²) in [6.07, 6.45) is 3.57. The third-order valence-corrected chi connectivity index (χ3v) is 4.21. The lowest BCUT2D eigenvalue weighted by molar-refractivity contribution is 0.0929. The first-order valence-electron chi connectivity index (χ1n) is 8.44. The van der Waals surface area contributed by atoms with Crippen molar-refractivity contribution in [2.45, 2.75) is 33.4 Å². The molecule has 0 spiro atoms. The van der Waals surface area contributed by atoms with Crippen molar-refractivity contribution < 1.29 is 4.79 Å². The van der Waals surface area contributed by atoms with Gasteiger partial charge in [0.25, 0.3) is 5.91 Å². The van der Waals surface area contributed by atoms with E-state index < -0.39 is 0 Å². The van der Waals surface area contributed by atoms with Crippen LogP contribution in [0.3, 0.4) is 0 Å². The topological polar surface area (TPSA) is 59.8 Å². The van der Waals surface area contributed by atoms with E-state index in [2.05, 4.69) is 27.5 Å². The van der Waals surface area contributed by atoms with Crippen LogP contribution in [0.15, 0.2) is 54.9 Å². The first-order valence-corrected chi connectivity index (χ1v) is 8.44. The average Bonchev–Trinajstić information content (AvgIpc) is 3.03. The molecule has 2 aromatic heterocycles. The molecular formula is C20H22N4O. The molecule has 0 radical (unpaired) electrons. The van der Waals surface area contributed by atoms with E-state index in [9.17, 15) is 4.79 Å². The number of rotatable bonds is 5. The Morgan fingerprint density at radius 1 is 1.12 bits per heavy atom. The van der Waals surface area contributed by atoms with Crippen molar-refractivity contribution >= 4 is 5.91 Å². The second-order valence-electron chi connectivity index (χ2n) is 6.04. The summed E-state index contributed by atoms with van der Waals surface area (Å²) < 4.78 is 1.73. The Labute approximate surface area is 147 Å². The summed E-state index contributed by atoms with van der Waals surface area (Å²) in [4.78, 5) is 16.6. The van der Waals surface area contributed by atoms with Crippen LogP contribution in [0.1, 0.15) is 41.6 Å². The highest BCUT2D eigenvalue weighted by Crippen LogP contribution is 2.21. The van der Waals surface area contributed by atoms with Crippen molar-refractivity contribution in [3.05, 3.63) is 71.8 Å². The molecule has 0 saturated heterocycles. The average molecular weight is 334 g/mol. The van der Waals surface area contributed by atoms with Crippen molar-refractivity contribution in [3.8, 4) is 11.1 Å². The SMILES string of the molecule is CCn1nc(C)cc1C(=O)NC(C)c1ccc(-c2ccncc2)cc1. The number of amides is 1. The summed E-state index contributed by atoms with van der Waals surface area (Å²) in [7, 11) is 0. The van der Waals surface area contributed by atoms with E-state index in [4.69, 9.17) is 0 Å². The fraction of sp³-hybridized carbons (Fsp3) is 0.250. The first-order chi connectivity index (χ1) is 12.1. The number of hydrogen-bond acceptors (Lipinski definition) is 3. The van der Waals surface area contributed by atoms with Crippen molar-refractivity contribution in [2.75, 3.05) is 0 Å². The number of pyridine rings is 1. The number of aryl methyl sites for hydroxylation is 2. The zero-order chi connectivity index (χ0) is 17.8. The predicted octanol–water partition coefficient (Wildman–Crippen LogP) is 3.76. The third-order valence-electron chi connectivity index (χ3n) is 4.21. The van der Waals surface area contributed by atoms with E-state index in [0.29, 0.717) is 12.2 Å². The molecule has 1 N–H and O–H groups in total. The normalized spacial score (nSPS) is 12.0. The molecule has 0 fully saturated rings. The number of hydrogen-bond donors (Lipinski definition) is 1. The van der Waals surface area contributed by atoms with Gasteiger partial charge < -0.3 is 5.32 Å². The van der Waals surface area contributed by atoms with E-state index in [1.165, 1.54) is 0 Å². The highest BCUT2D eigenvalue weighted by Gasteiger charge is 2.16. The molecule has 1 atom stereocenters. The van der Waals surface area contributed by atoms with E-state index in [1.54, 1.807) is 17.1 Å². The fourth-order valence-corrected chi connectivity index (χ4v) is 2.83. The largest absolute Gasteiger partial charge is 0.344 e. The van der Waals surface area contributed by atoms with Crippen molar-refractivity contribution in [1.29, 1.82) is 0 Å². The zero-order valence-corrected chi connectivity index (χ0v) is 14.7. The van der Waals surface area contributed by atoms with Crippen molar-refractivity contribution in [2.24, 2.45) is 0 Å². The lowest BCUT2D eigenvalue weighted by Crippen LogP contribution is -2.28. The molecule has 0 aliphatic carbocycles. The Morgan fingerprint density at radius 2 is 1.76 bits per heavy atom. The number of nitrogens with zero attached hydrogens (tertiary/aromatic N) is 3. The molecule has 3 rings (SSSR count). The molecule has 0 saturated carbocycles. The molecule has 5 heteroatoms. The molecule has 0 aliphatic rings. The molecule has 5 nitrogen and oxygen atoms in total. The van der Waals surface area contributed by atoms with Crippen LogP contribution in [0, 0.1) is 6.92 Å². The van der Waals surface area contributed by atoms with Gasteiger partial charge in [0.1, 0.15) is 5.69 Å². The molecule has 128 valence electrons. The summed E-state index contributed by atoms with van der Waals surface area (Å²) in [5, 5.41) is 7.38. The maximum absolute atomic E-state index is 12.5. The molecule has 3 aromatic rings. The molecule has 1 unspecified atom stereocenters. The van der Waals surface area contributed by atoms with Gasteiger partial charge >= 0.3 is 0 Å². The molecule has 25 heavy (non-hydrogen) atoms. The van der Waals surface area contributed by atoms with Gasteiger partial charge in [-0.15, -0.1) is 0 Å². The number of nitrogens with one attached hydrogen (secondary N) is 1. The predicted molar refractivity (Wildman–Crippen MR) is 98.2 cm³/mol. The highest BCUT2D eigenvalue weighted by molar-refractivity contribution is 5.93. The van der Waals surface area contributed by atoms with Gasteiger partial charge in [-0.2, -0.15) is 5.10 Å². The fourth-order valence-electron chi connectivity index (χ4n) is 2.83. The number of aromatic nitrogens is 3. The molecule has 0 aliphatic heterocycles. The minimum Gasteiger partial charge on any atom is -0.344 e. The van der Waals surface area contributed by atoms with Crippen LogP contribution in [-0.2, 0) is 6.54 Å². The minimum atomic E-state index is -0.104. The summed E-state index contributed by atoms with van der Waals surface area (Å²) in [6.45, 7) is 6.53. The van der Waals surface area contributed by atoms with Gasteiger partial charge in [-0.1, -0.05) is 24.3 Å². The lowest BCUT2D eigenvalue weighted by Gasteiger charge is -2.15.